The zero-order chi connectivity index (χ0) is 9.91. The van der Waals surface area contributed by atoms with Gasteiger partial charge in [0, 0.05) is 10.4 Å². The van der Waals surface area contributed by atoms with Crippen LogP contribution in [-0.4, -0.2) is 17.5 Å². The summed E-state index contributed by atoms with van der Waals surface area (Å²) in [6.45, 7) is 0. The van der Waals surface area contributed by atoms with Gasteiger partial charge in [0.1, 0.15) is 0 Å². The molecule has 0 amide bonds. The SMILES string of the molecule is O=N[O-].O=N[O-].O=S(=O)([O-])[O-].[Pt+2]. The average Bonchev–Trinajstić information content (AvgIpc) is 1.62. The first kappa shape index (κ1) is 22.5. The summed E-state index contributed by atoms with van der Waals surface area (Å²) < 4.78 is 34.1. The number of hydrogen-bond acceptors (Lipinski definition) is 10. The smallest absolute Gasteiger partial charge is 0.759 e. The van der Waals surface area contributed by atoms with Crippen LogP contribution in [0.4, 0.5) is 0 Å². The molecular weight excluding hydrogens is 383 g/mol. The van der Waals surface area contributed by atoms with E-state index in [0.717, 1.165) is 10.7 Å². The van der Waals surface area contributed by atoms with Crippen LogP contribution in [0.5, 0.6) is 0 Å². The summed E-state index contributed by atoms with van der Waals surface area (Å²) in [4.78, 5) is 16.0. The summed E-state index contributed by atoms with van der Waals surface area (Å²) >= 11 is 0. The third kappa shape index (κ3) is 1590. The summed E-state index contributed by atoms with van der Waals surface area (Å²) in [5, 5.41) is 18.0. The minimum atomic E-state index is -5.17. The molecule has 0 aromatic carbocycles. The second-order valence-electron chi connectivity index (χ2n) is 0.557. The molecule has 0 rings (SSSR count). The van der Waals surface area contributed by atoms with Crippen LogP contribution in [0.1, 0.15) is 0 Å². The summed E-state index contributed by atoms with van der Waals surface area (Å²) in [5.74, 6) is 0. The van der Waals surface area contributed by atoms with Gasteiger partial charge in [-0.2, -0.15) is 0 Å². The van der Waals surface area contributed by atoms with Gasteiger partial charge in [-0.25, -0.2) is 0 Å². The van der Waals surface area contributed by atoms with Crippen LogP contribution in [0, 0.1) is 20.2 Å². The third-order valence-corrected chi connectivity index (χ3v) is 0. The van der Waals surface area contributed by atoms with E-state index in [1.54, 1.807) is 0 Å². The Hall–Kier alpha value is -0.642. The van der Waals surface area contributed by atoms with Crippen molar-refractivity contribution in [2.45, 2.75) is 0 Å². The second-order valence-corrected chi connectivity index (χ2v) is 1.37. The van der Waals surface area contributed by atoms with Crippen LogP contribution < -0.4 is 0 Å². The van der Waals surface area contributed by atoms with Gasteiger partial charge in [-0.05, 0) is 0 Å². The summed E-state index contributed by atoms with van der Waals surface area (Å²) in [7, 11) is -5.17. The van der Waals surface area contributed by atoms with Crippen LogP contribution in [0.15, 0.2) is 10.7 Å². The molecule has 10 nitrogen and oxygen atoms in total. The first-order valence-corrected chi connectivity index (χ1v) is 2.73. The van der Waals surface area contributed by atoms with Crippen molar-refractivity contribution in [3.05, 3.63) is 20.2 Å². The molecule has 0 aromatic heterocycles. The Bertz CT molecular complexity index is 157. The zero-order valence-corrected chi connectivity index (χ0v) is 7.97. The molecule has 76 valence electrons. The van der Waals surface area contributed by atoms with Crippen molar-refractivity contribution >= 4 is 10.4 Å². The van der Waals surface area contributed by atoms with Gasteiger partial charge in [-0.1, -0.05) is 0 Å². The molecule has 0 aliphatic rings. The Kier molecular flexibility index (Phi) is 31.4. The Balaban J connectivity index is -0.0000000406. The fraction of sp³-hybridized carbons (Fsp3) is 0. The Labute approximate surface area is 80.3 Å². The van der Waals surface area contributed by atoms with Gasteiger partial charge in [0.2, 0.25) is 0 Å². The van der Waals surface area contributed by atoms with Crippen molar-refractivity contribution in [3.8, 4) is 0 Å². The van der Waals surface area contributed by atoms with Gasteiger partial charge in [0.05, 0.1) is 0 Å². The van der Waals surface area contributed by atoms with Gasteiger partial charge in [-0.3, -0.25) is 8.42 Å². The Morgan fingerprint density at radius 2 is 0.917 bits per heavy atom. The maximum atomic E-state index is 8.52. The van der Waals surface area contributed by atoms with E-state index in [9.17, 15) is 0 Å². The van der Waals surface area contributed by atoms with E-state index >= 15 is 0 Å². The summed E-state index contributed by atoms with van der Waals surface area (Å²) in [6, 6.07) is 0. The number of rotatable bonds is 0. The standard InChI is InChI=1S/2HNO2.H2O4S.Pt/c2*2-1-3;1-5(2,3)4;/h2*(H,2,3);(H2,1,2,3,4);/q;;;+2/p-4. The molecule has 0 atom stereocenters. The molecule has 0 aliphatic heterocycles. The second kappa shape index (κ2) is 16.8. The van der Waals surface area contributed by atoms with Crippen LogP contribution in [0.25, 0.3) is 0 Å². The molecule has 0 radical (unpaired) electrons. The number of hydrogen-bond donors (Lipinski definition) is 0. The molecule has 0 bridgehead atoms. The van der Waals surface area contributed by atoms with Crippen molar-refractivity contribution in [2.24, 2.45) is 10.7 Å². The average molecular weight is 383 g/mol. The largest absolute Gasteiger partial charge is 2.00 e. The van der Waals surface area contributed by atoms with E-state index in [1.807, 2.05) is 0 Å². The third-order valence-electron chi connectivity index (χ3n) is 0. The molecule has 0 unspecified atom stereocenters. The molecule has 0 saturated carbocycles. The van der Waals surface area contributed by atoms with Gasteiger partial charge >= 0.3 is 21.1 Å². The normalized spacial score (nSPS) is 6.83. The van der Waals surface area contributed by atoms with E-state index in [2.05, 4.69) is 0 Å². The predicted octanol–water partition coefficient (Wildman–Crippen LogP) is -0.839. The molecule has 0 saturated heterocycles. The molecule has 0 spiro atoms. The minimum Gasteiger partial charge on any atom is -0.759 e. The van der Waals surface area contributed by atoms with Crippen LogP contribution in [0.2, 0.25) is 0 Å². The van der Waals surface area contributed by atoms with Crippen LogP contribution in [0.3, 0.4) is 0 Å². The van der Waals surface area contributed by atoms with Gasteiger partial charge in [-0.15, -0.1) is 10.7 Å². The molecular formula is N2O8PtS-2. The molecule has 0 aliphatic carbocycles. The number of nitrogens with zero attached hydrogens (tertiary/aromatic N) is 2. The first-order chi connectivity index (χ1) is 4.83. The summed E-state index contributed by atoms with van der Waals surface area (Å²) in [6.07, 6.45) is 0. The zero-order valence-electron chi connectivity index (χ0n) is 4.88. The molecule has 0 heterocycles. The van der Waals surface area contributed by atoms with Crippen molar-refractivity contribution in [1.82, 2.24) is 0 Å². The van der Waals surface area contributed by atoms with E-state index in [-0.39, 0.29) is 21.1 Å². The monoisotopic (exact) mass is 383 g/mol. The van der Waals surface area contributed by atoms with E-state index in [4.69, 9.17) is 37.8 Å². The van der Waals surface area contributed by atoms with Crippen molar-refractivity contribution in [2.75, 3.05) is 0 Å². The molecule has 12 heavy (non-hydrogen) atoms. The Morgan fingerprint density at radius 1 is 0.917 bits per heavy atom. The van der Waals surface area contributed by atoms with Crippen molar-refractivity contribution in [3.63, 3.8) is 0 Å². The topological polar surface area (TPSA) is 185 Å². The van der Waals surface area contributed by atoms with E-state index in [0.29, 0.717) is 0 Å². The minimum absolute atomic E-state index is 0. The van der Waals surface area contributed by atoms with Crippen molar-refractivity contribution < 1.29 is 38.6 Å². The Morgan fingerprint density at radius 3 is 0.917 bits per heavy atom. The summed E-state index contributed by atoms with van der Waals surface area (Å²) in [5.41, 5.74) is 0. The molecule has 12 heteroatoms. The van der Waals surface area contributed by atoms with E-state index < -0.39 is 10.4 Å². The van der Waals surface area contributed by atoms with Crippen molar-refractivity contribution in [1.29, 1.82) is 0 Å². The van der Waals surface area contributed by atoms with Gasteiger partial charge in [0.25, 0.3) is 0 Å². The van der Waals surface area contributed by atoms with Gasteiger partial charge < -0.3 is 29.3 Å². The maximum absolute atomic E-state index is 8.52. The maximum Gasteiger partial charge on any atom is 2.00 e. The van der Waals surface area contributed by atoms with E-state index in [1.165, 1.54) is 0 Å². The fourth-order valence-electron chi connectivity index (χ4n) is 0. The quantitative estimate of drug-likeness (QED) is 0.224. The van der Waals surface area contributed by atoms with Crippen LogP contribution >= 0.6 is 0 Å². The van der Waals surface area contributed by atoms with Crippen LogP contribution in [-0.2, 0) is 31.5 Å². The van der Waals surface area contributed by atoms with Gasteiger partial charge in [0.15, 0.2) is 0 Å². The predicted molar refractivity (Wildman–Crippen MR) is 28.8 cm³/mol. The molecule has 0 N–H and O–H groups in total. The first-order valence-electron chi connectivity index (χ1n) is 1.40. The molecule has 0 fully saturated rings. The molecule has 0 aromatic rings. The fourth-order valence-corrected chi connectivity index (χ4v) is 0.